The van der Waals surface area contributed by atoms with E-state index in [0.717, 1.165) is 22.7 Å². The number of rotatable bonds is 2. The van der Waals surface area contributed by atoms with Crippen LogP contribution in [0.1, 0.15) is 6.42 Å². The molecule has 3 aromatic rings. The number of aromatic hydroxyl groups is 1. The lowest BCUT2D eigenvalue weighted by atomic mass is 10.2. The number of phenolic OH excluding ortho intramolecular Hbond substituents is 1. The van der Waals surface area contributed by atoms with Gasteiger partial charge in [0, 0.05) is 29.4 Å². The monoisotopic (exact) mass is 364 g/mol. The van der Waals surface area contributed by atoms with Crippen molar-refractivity contribution >= 4 is 40.3 Å². The number of anilines is 4. The predicted molar refractivity (Wildman–Crippen MR) is 105 cm³/mol. The Labute approximate surface area is 156 Å². The van der Waals surface area contributed by atoms with Gasteiger partial charge in [-0.05, 0) is 54.6 Å². The number of para-hydroxylation sites is 1. The third-order valence-electron chi connectivity index (χ3n) is 4.44. The minimum Gasteiger partial charge on any atom is -0.508 e. The van der Waals surface area contributed by atoms with Crippen molar-refractivity contribution in [2.45, 2.75) is 6.42 Å². The van der Waals surface area contributed by atoms with Gasteiger partial charge >= 0.3 is 0 Å². The van der Waals surface area contributed by atoms with Crippen LogP contribution in [0.3, 0.4) is 0 Å². The highest BCUT2D eigenvalue weighted by Gasteiger charge is 2.28. The Bertz CT molecular complexity index is 942. The zero-order chi connectivity index (χ0) is 18.1. The van der Waals surface area contributed by atoms with Gasteiger partial charge in [0.2, 0.25) is 5.91 Å². The summed E-state index contributed by atoms with van der Waals surface area (Å²) in [6, 6.07) is 22.1. The maximum absolute atomic E-state index is 12.9. The first-order chi connectivity index (χ1) is 12.6. The van der Waals surface area contributed by atoms with Crippen LogP contribution in [-0.4, -0.2) is 17.6 Å². The summed E-state index contributed by atoms with van der Waals surface area (Å²) in [4.78, 5) is 16.7. The Hall–Kier alpha value is -2.98. The van der Waals surface area contributed by atoms with Crippen LogP contribution < -0.4 is 9.80 Å². The van der Waals surface area contributed by atoms with Crippen molar-refractivity contribution in [3.8, 4) is 5.75 Å². The van der Waals surface area contributed by atoms with E-state index in [4.69, 9.17) is 11.6 Å². The third kappa shape index (κ3) is 3.00. The first kappa shape index (κ1) is 16.5. The number of fused-ring (bicyclic) bond motifs is 1. The average Bonchev–Trinajstić information content (AvgIpc) is 2.79. The third-order valence-corrected chi connectivity index (χ3v) is 4.68. The zero-order valence-corrected chi connectivity index (χ0v) is 14.7. The van der Waals surface area contributed by atoms with E-state index >= 15 is 0 Å². The van der Waals surface area contributed by atoms with Crippen molar-refractivity contribution in [3.05, 3.63) is 77.8 Å². The molecule has 1 heterocycles. The molecule has 26 heavy (non-hydrogen) atoms. The largest absolute Gasteiger partial charge is 0.508 e. The molecule has 0 saturated heterocycles. The molecule has 4 rings (SSSR count). The van der Waals surface area contributed by atoms with Crippen LogP contribution in [0.2, 0.25) is 5.02 Å². The van der Waals surface area contributed by atoms with Crippen molar-refractivity contribution in [3.63, 3.8) is 0 Å². The quantitative estimate of drug-likeness (QED) is 0.675. The summed E-state index contributed by atoms with van der Waals surface area (Å²) in [6.07, 6.45) is 0.363. The van der Waals surface area contributed by atoms with Gasteiger partial charge in [-0.2, -0.15) is 0 Å². The number of phenols is 1. The van der Waals surface area contributed by atoms with Crippen LogP contribution >= 0.6 is 11.6 Å². The fourth-order valence-corrected chi connectivity index (χ4v) is 3.40. The van der Waals surface area contributed by atoms with E-state index in [2.05, 4.69) is 4.90 Å². The molecule has 0 atom stereocenters. The van der Waals surface area contributed by atoms with Gasteiger partial charge in [0.1, 0.15) is 5.75 Å². The fraction of sp³-hybridized carbons (Fsp3) is 0.0952. The van der Waals surface area contributed by atoms with E-state index in [0.29, 0.717) is 18.0 Å². The van der Waals surface area contributed by atoms with Crippen molar-refractivity contribution in [2.24, 2.45) is 0 Å². The maximum Gasteiger partial charge on any atom is 0.233 e. The Balaban J connectivity index is 1.88. The highest BCUT2D eigenvalue weighted by molar-refractivity contribution is 6.31. The maximum atomic E-state index is 12.9. The molecular formula is C21H17ClN2O2. The summed E-state index contributed by atoms with van der Waals surface area (Å²) >= 11 is 6.27. The molecule has 1 amide bonds. The first-order valence-electron chi connectivity index (χ1n) is 8.37. The molecule has 4 nitrogen and oxygen atoms in total. The van der Waals surface area contributed by atoms with E-state index in [9.17, 15) is 9.90 Å². The van der Waals surface area contributed by atoms with Gasteiger partial charge in [0.05, 0.1) is 11.4 Å². The smallest absolute Gasteiger partial charge is 0.233 e. The SMILES string of the molecule is O=C1CCN(c2ccc(O)cc2)c2cc(Cl)ccc2N1c1ccccc1. The molecule has 0 aromatic heterocycles. The van der Waals surface area contributed by atoms with Crippen molar-refractivity contribution < 1.29 is 9.90 Å². The topological polar surface area (TPSA) is 43.8 Å². The van der Waals surface area contributed by atoms with E-state index in [1.807, 2.05) is 54.6 Å². The van der Waals surface area contributed by atoms with Gasteiger partial charge in [0.25, 0.3) is 0 Å². The van der Waals surface area contributed by atoms with Crippen LogP contribution in [-0.2, 0) is 4.79 Å². The predicted octanol–water partition coefficient (Wildman–Crippen LogP) is 5.25. The van der Waals surface area contributed by atoms with Gasteiger partial charge in [-0.1, -0.05) is 29.8 Å². The molecule has 5 heteroatoms. The highest BCUT2D eigenvalue weighted by Crippen LogP contribution is 2.42. The standard InChI is InChI=1S/C21H17ClN2O2/c22-15-6-11-19-20(14-15)23(16-7-9-18(25)10-8-16)13-12-21(26)24(19)17-4-2-1-3-5-17/h1-11,14,25H,12-13H2. The van der Waals surface area contributed by atoms with E-state index in [1.165, 1.54) is 0 Å². The van der Waals surface area contributed by atoms with E-state index in [-0.39, 0.29) is 11.7 Å². The summed E-state index contributed by atoms with van der Waals surface area (Å²) < 4.78 is 0. The first-order valence-corrected chi connectivity index (χ1v) is 8.75. The lowest BCUT2D eigenvalue weighted by Gasteiger charge is -2.27. The molecule has 0 bridgehead atoms. The molecule has 0 unspecified atom stereocenters. The summed E-state index contributed by atoms with van der Waals surface area (Å²) in [6.45, 7) is 0.528. The number of halogens is 1. The van der Waals surface area contributed by atoms with Gasteiger partial charge in [-0.3, -0.25) is 9.69 Å². The summed E-state index contributed by atoms with van der Waals surface area (Å²) in [5.74, 6) is 0.234. The summed E-state index contributed by atoms with van der Waals surface area (Å²) in [5, 5.41) is 10.2. The molecule has 0 fully saturated rings. The van der Waals surface area contributed by atoms with Crippen LogP contribution in [0, 0.1) is 0 Å². The number of carbonyl (C=O) groups excluding carboxylic acids is 1. The average molecular weight is 365 g/mol. The number of benzene rings is 3. The van der Waals surface area contributed by atoms with Crippen LogP contribution in [0.25, 0.3) is 0 Å². The second kappa shape index (κ2) is 6.73. The second-order valence-corrected chi connectivity index (χ2v) is 6.55. The second-order valence-electron chi connectivity index (χ2n) is 6.12. The minimum absolute atomic E-state index is 0.0288. The molecule has 1 aliphatic heterocycles. The molecule has 1 N–H and O–H groups in total. The molecule has 0 aliphatic carbocycles. The van der Waals surface area contributed by atoms with Gasteiger partial charge in [-0.25, -0.2) is 0 Å². The lowest BCUT2D eigenvalue weighted by Crippen LogP contribution is -2.25. The van der Waals surface area contributed by atoms with Crippen LogP contribution in [0.4, 0.5) is 22.7 Å². The number of amides is 1. The number of hydrogen-bond donors (Lipinski definition) is 1. The Kier molecular flexibility index (Phi) is 4.27. The molecule has 0 spiro atoms. The fourth-order valence-electron chi connectivity index (χ4n) is 3.24. The van der Waals surface area contributed by atoms with Crippen molar-refractivity contribution in [1.82, 2.24) is 0 Å². The van der Waals surface area contributed by atoms with Crippen molar-refractivity contribution in [2.75, 3.05) is 16.3 Å². The number of hydrogen-bond acceptors (Lipinski definition) is 3. The Morgan fingerprint density at radius 3 is 2.31 bits per heavy atom. The minimum atomic E-state index is 0.0288. The Morgan fingerprint density at radius 2 is 1.58 bits per heavy atom. The normalized spacial score (nSPS) is 14.1. The molecule has 3 aromatic carbocycles. The highest BCUT2D eigenvalue weighted by atomic mass is 35.5. The Morgan fingerprint density at radius 1 is 0.846 bits per heavy atom. The molecule has 0 radical (unpaired) electrons. The molecule has 1 aliphatic rings. The van der Waals surface area contributed by atoms with Gasteiger partial charge < -0.3 is 10.0 Å². The summed E-state index contributed by atoms with van der Waals surface area (Å²) in [5.41, 5.74) is 3.37. The molecule has 130 valence electrons. The van der Waals surface area contributed by atoms with E-state index in [1.54, 1.807) is 23.1 Å². The van der Waals surface area contributed by atoms with E-state index < -0.39 is 0 Å². The lowest BCUT2D eigenvalue weighted by molar-refractivity contribution is -0.117. The number of carbonyl (C=O) groups is 1. The number of nitrogens with zero attached hydrogens (tertiary/aromatic N) is 2. The molecule has 0 saturated carbocycles. The van der Waals surface area contributed by atoms with Crippen LogP contribution in [0.15, 0.2) is 72.8 Å². The van der Waals surface area contributed by atoms with Crippen LogP contribution in [0.5, 0.6) is 5.75 Å². The summed E-state index contributed by atoms with van der Waals surface area (Å²) in [7, 11) is 0. The van der Waals surface area contributed by atoms with Gasteiger partial charge in [-0.15, -0.1) is 0 Å². The van der Waals surface area contributed by atoms with Gasteiger partial charge in [0.15, 0.2) is 0 Å². The zero-order valence-electron chi connectivity index (χ0n) is 14.0. The molecular weight excluding hydrogens is 348 g/mol. The van der Waals surface area contributed by atoms with Crippen molar-refractivity contribution in [1.29, 1.82) is 0 Å².